The first-order valence-electron chi connectivity index (χ1n) is 7.90. The SMILES string of the molecule is CCOc1ccc2nc(SCC(=O)NCc3cccc(Cl)c3)[nH]c2c1. The number of amides is 1. The molecule has 130 valence electrons. The number of fused-ring (bicyclic) bond motifs is 1. The van der Waals surface area contributed by atoms with Crippen LogP contribution in [0.3, 0.4) is 0 Å². The minimum atomic E-state index is -0.0552. The maximum absolute atomic E-state index is 12.0. The number of hydrogen-bond acceptors (Lipinski definition) is 4. The van der Waals surface area contributed by atoms with Gasteiger partial charge in [0.25, 0.3) is 0 Å². The lowest BCUT2D eigenvalue weighted by atomic mass is 10.2. The fraction of sp³-hybridized carbons (Fsp3) is 0.222. The number of rotatable bonds is 7. The maximum atomic E-state index is 12.0. The van der Waals surface area contributed by atoms with Gasteiger partial charge in [-0.2, -0.15) is 0 Å². The molecular weight excluding hydrogens is 358 g/mol. The molecule has 0 fully saturated rings. The second kappa shape index (κ2) is 8.27. The molecule has 0 aliphatic heterocycles. The van der Waals surface area contributed by atoms with Gasteiger partial charge in [0, 0.05) is 17.6 Å². The standard InChI is InChI=1S/C18H18ClN3O2S/c1-2-24-14-6-7-15-16(9-14)22-18(21-15)25-11-17(23)20-10-12-4-3-5-13(19)8-12/h3-9H,2,10-11H2,1H3,(H,20,23)(H,21,22). The van der Waals surface area contributed by atoms with Crippen LogP contribution in [-0.4, -0.2) is 28.2 Å². The minimum absolute atomic E-state index is 0.0552. The van der Waals surface area contributed by atoms with Gasteiger partial charge >= 0.3 is 0 Å². The van der Waals surface area contributed by atoms with Crippen LogP contribution in [0.2, 0.25) is 5.02 Å². The lowest BCUT2D eigenvalue weighted by molar-refractivity contribution is -0.118. The molecule has 0 radical (unpaired) electrons. The van der Waals surface area contributed by atoms with Crippen LogP contribution >= 0.6 is 23.4 Å². The quantitative estimate of drug-likeness (QED) is 0.612. The van der Waals surface area contributed by atoms with Crippen molar-refractivity contribution >= 4 is 40.3 Å². The van der Waals surface area contributed by atoms with Gasteiger partial charge in [0.15, 0.2) is 5.16 Å². The lowest BCUT2D eigenvalue weighted by Crippen LogP contribution is -2.24. The second-order valence-corrected chi connectivity index (χ2v) is 6.75. The Hall–Kier alpha value is -2.18. The zero-order valence-corrected chi connectivity index (χ0v) is 15.3. The molecule has 1 heterocycles. The van der Waals surface area contributed by atoms with E-state index in [0.717, 1.165) is 22.3 Å². The third-order valence-corrected chi connectivity index (χ3v) is 4.57. The van der Waals surface area contributed by atoms with Gasteiger partial charge in [-0.15, -0.1) is 0 Å². The third kappa shape index (κ3) is 4.90. The molecule has 1 amide bonds. The Bertz CT molecular complexity index is 882. The summed E-state index contributed by atoms with van der Waals surface area (Å²) in [5.41, 5.74) is 2.72. The molecule has 0 bridgehead atoms. The number of carbonyl (C=O) groups excluding carboxylic acids is 1. The van der Waals surface area contributed by atoms with Crippen LogP contribution in [-0.2, 0) is 11.3 Å². The van der Waals surface area contributed by atoms with Gasteiger partial charge in [-0.1, -0.05) is 35.5 Å². The molecule has 2 aromatic carbocycles. The van der Waals surface area contributed by atoms with Gasteiger partial charge in [-0.05, 0) is 36.8 Å². The number of aromatic amines is 1. The largest absolute Gasteiger partial charge is 0.494 e. The van der Waals surface area contributed by atoms with E-state index in [9.17, 15) is 4.79 Å². The molecule has 7 heteroatoms. The molecule has 0 atom stereocenters. The van der Waals surface area contributed by atoms with E-state index in [-0.39, 0.29) is 5.91 Å². The van der Waals surface area contributed by atoms with Crippen molar-refractivity contribution in [2.24, 2.45) is 0 Å². The molecule has 3 aromatic rings. The Labute approximate surface area is 155 Å². The molecule has 5 nitrogen and oxygen atoms in total. The highest BCUT2D eigenvalue weighted by Crippen LogP contribution is 2.23. The predicted octanol–water partition coefficient (Wildman–Crippen LogP) is 4.02. The number of nitrogens with zero attached hydrogens (tertiary/aromatic N) is 1. The Morgan fingerprint density at radius 3 is 3.00 bits per heavy atom. The molecule has 0 saturated carbocycles. The number of thioether (sulfide) groups is 1. The number of imidazole rings is 1. The average Bonchev–Trinajstić information content (AvgIpc) is 3.01. The van der Waals surface area contributed by atoms with Crippen LogP contribution in [0.5, 0.6) is 5.75 Å². The zero-order chi connectivity index (χ0) is 17.6. The summed E-state index contributed by atoms with van der Waals surface area (Å²) in [5, 5.41) is 4.25. The molecule has 2 N–H and O–H groups in total. The number of benzene rings is 2. The van der Waals surface area contributed by atoms with Crippen molar-refractivity contribution in [2.75, 3.05) is 12.4 Å². The summed E-state index contributed by atoms with van der Waals surface area (Å²) in [6.07, 6.45) is 0. The highest BCUT2D eigenvalue weighted by molar-refractivity contribution is 7.99. The molecular formula is C18H18ClN3O2S. The van der Waals surface area contributed by atoms with Crippen LogP contribution in [0.15, 0.2) is 47.6 Å². The summed E-state index contributed by atoms with van der Waals surface area (Å²) >= 11 is 7.30. The predicted molar refractivity (Wildman–Crippen MR) is 101 cm³/mol. The number of H-pyrrole nitrogens is 1. The number of halogens is 1. The van der Waals surface area contributed by atoms with Crippen LogP contribution in [0.1, 0.15) is 12.5 Å². The first-order chi connectivity index (χ1) is 12.1. The van der Waals surface area contributed by atoms with Crippen LogP contribution in [0, 0.1) is 0 Å². The topological polar surface area (TPSA) is 67.0 Å². The van der Waals surface area contributed by atoms with Crippen molar-refractivity contribution in [3.8, 4) is 5.75 Å². The zero-order valence-electron chi connectivity index (χ0n) is 13.7. The van der Waals surface area contributed by atoms with Crippen molar-refractivity contribution in [2.45, 2.75) is 18.6 Å². The highest BCUT2D eigenvalue weighted by atomic mass is 35.5. The summed E-state index contributed by atoms with van der Waals surface area (Å²) in [7, 11) is 0. The fourth-order valence-electron chi connectivity index (χ4n) is 2.32. The minimum Gasteiger partial charge on any atom is -0.494 e. The summed E-state index contributed by atoms with van der Waals surface area (Å²) in [6, 6.07) is 13.1. The fourth-order valence-corrected chi connectivity index (χ4v) is 3.25. The van der Waals surface area contributed by atoms with Crippen LogP contribution < -0.4 is 10.1 Å². The summed E-state index contributed by atoms with van der Waals surface area (Å²) in [6.45, 7) is 3.02. The smallest absolute Gasteiger partial charge is 0.230 e. The average molecular weight is 376 g/mol. The normalized spacial score (nSPS) is 10.8. The molecule has 0 unspecified atom stereocenters. The molecule has 0 aliphatic rings. The molecule has 25 heavy (non-hydrogen) atoms. The number of aromatic nitrogens is 2. The van der Waals surface area contributed by atoms with E-state index in [4.69, 9.17) is 16.3 Å². The number of carbonyl (C=O) groups is 1. The molecule has 0 aliphatic carbocycles. The molecule has 0 spiro atoms. The summed E-state index contributed by atoms with van der Waals surface area (Å²) < 4.78 is 5.48. The van der Waals surface area contributed by atoms with Crippen molar-refractivity contribution in [3.63, 3.8) is 0 Å². The Morgan fingerprint density at radius 1 is 1.32 bits per heavy atom. The number of ether oxygens (including phenoxy) is 1. The van der Waals surface area contributed by atoms with E-state index in [0.29, 0.717) is 29.1 Å². The number of hydrogen-bond donors (Lipinski definition) is 2. The van der Waals surface area contributed by atoms with Gasteiger partial charge in [0.1, 0.15) is 5.75 Å². The van der Waals surface area contributed by atoms with Gasteiger partial charge in [0.2, 0.25) is 5.91 Å². The van der Waals surface area contributed by atoms with Crippen molar-refractivity contribution in [3.05, 3.63) is 53.1 Å². The van der Waals surface area contributed by atoms with Gasteiger partial charge < -0.3 is 15.0 Å². The van der Waals surface area contributed by atoms with E-state index < -0.39 is 0 Å². The first-order valence-corrected chi connectivity index (χ1v) is 9.27. The second-order valence-electron chi connectivity index (χ2n) is 5.35. The van der Waals surface area contributed by atoms with Crippen molar-refractivity contribution in [1.82, 2.24) is 15.3 Å². The van der Waals surface area contributed by atoms with E-state index in [1.807, 2.05) is 43.3 Å². The Balaban J connectivity index is 1.54. The third-order valence-electron chi connectivity index (χ3n) is 3.46. The van der Waals surface area contributed by atoms with Crippen LogP contribution in [0.25, 0.3) is 11.0 Å². The van der Waals surface area contributed by atoms with E-state index in [2.05, 4.69) is 15.3 Å². The van der Waals surface area contributed by atoms with Crippen LogP contribution in [0.4, 0.5) is 0 Å². The van der Waals surface area contributed by atoms with E-state index in [1.54, 1.807) is 6.07 Å². The maximum Gasteiger partial charge on any atom is 0.230 e. The Kier molecular flexibility index (Phi) is 5.83. The molecule has 0 saturated heterocycles. The first kappa shape index (κ1) is 17.6. The van der Waals surface area contributed by atoms with Crippen molar-refractivity contribution < 1.29 is 9.53 Å². The lowest BCUT2D eigenvalue weighted by Gasteiger charge is -2.04. The van der Waals surface area contributed by atoms with E-state index in [1.165, 1.54) is 11.8 Å². The summed E-state index contributed by atoms with van der Waals surface area (Å²) in [5.74, 6) is 1.04. The Morgan fingerprint density at radius 2 is 2.20 bits per heavy atom. The van der Waals surface area contributed by atoms with Gasteiger partial charge in [0.05, 0.1) is 23.4 Å². The highest BCUT2D eigenvalue weighted by Gasteiger charge is 2.08. The number of nitrogens with one attached hydrogen (secondary N) is 2. The van der Waals surface area contributed by atoms with E-state index >= 15 is 0 Å². The molecule has 1 aromatic heterocycles. The molecule has 3 rings (SSSR count). The van der Waals surface area contributed by atoms with Crippen molar-refractivity contribution in [1.29, 1.82) is 0 Å². The van der Waals surface area contributed by atoms with Gasteiger partial charge in [-0.3, -0.25) is 4.79 Å². The monoisotopic (exact) mass is 375 g/mol. The van der Waals surface area contributed by atoms with Gasteiger partial charge in [-0.25, -0.2) is 4.98 Å². The summed E-state index contributed by atoms with van der Waals surface area (Å²) in [4.78, 5) is 19.7.